The minimum absolute atomic E-state index is 0.0265. The van der Waals surface area contributed by atoms with Gasteiger partial charge in [0.25, 0.3) is 0 Å². The average Bonchev–Trinajstić information content (AvgIpc) is 2.68. The maximum absolute atomic E-state index is 11.3. The second-order valence-electron chi connectivity index (χ2n) is 6.37. The van der Waals surface area contributed by atoms with Crippen molar-refractivity contribution in [3.63, 3.8) is 0 Å². The van der Waals surface area contributed by atoms with Gasteiger partial charge in [-0.2, -0.15) is 4.98 Å². The second-order valence-corrected chi connectivity index (χ2v) is 6.37. The Kier molecular flexibility index (Phi) is 4.29. The molecule has 21 heavy (non-hydrogen) atoms. The molecule has 1 heterocycles. The van der Waals surface area contributed by atoms with Gasteiger partial charge in [0, 0.05) is 12.6 Å². The quantitative estimate of drug-likeness (QED) is 0.640. The Morgan fingerprint density at radius 3 is 2.67 bits per heavy atom. The minimum atomic E-state index is -0.409. The van der Waals surface area contributed by atoms with E-state index in [9.17, 15) is 10.1 Å². The number of aryl methyl sites for hydroxylation is 1. The van der Waals surface area contributed by atoms with Gasteiger partial charge in [0.2, 0.25) is 11.8 Å². The van der Waals surface area contributed by atoms with Crippen LogP contribution in [0.1, 0.15) is 45.7 Å². The third-order valence-corrected chi connectivity index (χ3v) is 3.89. The van der Waals surface area contributed by atoms with Crippen LogP contribution in [0.5, 0.6) is 0 Å². The number of aromatic nitrogens is 2. The van der Waals surface area contributed by atoms with Crippen molar-refractivity contribution in [3.05, 3.63) is 15.8 Å². The summed E-state index contributed by atoms with van der Waals surface area (Å²) in [5.74, 6) is 0.756. The van der Waals surface area contributed by atoms with Gasteiger partial charge in [-0.15, -0.1) is 0 Å². The SMILES string of the molecule is CCNc1nc(C)c([N+](=O)[O-])c(NC2CCC(C)(C)C2)n1. The fourth-order valence-corrected chi connectivity index (χ4v) is 2.88. The van der Waals surface area contributed by atoms with Gasteiger partial charge in [0.15, 0.2) is 0 Å². The summed E-state index contributed by atoms with van der Waals surface area (Å²) in [5, 5.41) is 17.5. The summed E-state index contributed by atoms with van der Waals surface area (Å²) < 4.78 is 0. The fraction of sp³-hybridized carbons (Fsp3) is 0.714. The van der Waals surface area contributed by atoms with E-state index >= 15 is 0 Å². The van der Waals surface area contributed by atoms with E-state index in [-0.39, 0.29) is 17.1 Å². The molecule has 2 N–H and O–H groups in total. The third-order valence-electron chi connectivity index (χ3n) is 3.89. The number of nitrogens with one attached hydrogen (secondary N) is 2. The zero-order valence-electron chi connectivity index (χ0n) is 13.1. The fourth-order valence-electron chi connectivity index (χ4n) is 2.88. The highest BCUT2D eigenvalue weighted by molar-refractivity contribution is 5.61. The van der Waals surface area contributed by atoms with Crippen molar-refractivity contribution in [2.24, 2.45) is 5.41 Å². The van der Waals surface area contributed by atoms with Crippen LogP contribution in [-0.4, -0.2) is 27.5 Å². The Balaban J connectivity index is 2.29. The van der Waals surface area contributed by atoms with Gasteiger partial charge in [-0.25, -0.2) is 4.98 Å². The monoisotopic (exact) mass is 293 g/mol. The van der Waals surface area contributed by atoms with Crippen molar-refractivity contribution in [2.45, 2.75) is 53.0 Å². The molecule has 7 heteroatoms. The van der Waals surface area contributed by atoms with Gasteiger partial charge >= 0.3 is 5.69 Å². The molecule has 0 amide bonds. The maximum Gasteiger partial charge on any atom is 0.332 e. The molecule has 0 radical (unpaired) electrons. The molecule has 1 aliphatic carbocycles. The van der Waals surface area contributed by atoms with Crippen LogP contribution >= 0.6 is 0 Å². The van der Waals surface area contributed by atoms with Crippen molar-refractivity contribution in [1.29, 1.82) is 0 Å². The molecular weight excluding hydrogens is 270 g/mol. The van der Waals surface area contributed by atoms with Crippen molar-refractivity contribution >= 4 is 17.5 Å². The van der Waals surface area contributed by atoms with Crippen LogP contribution in [0, 0.1) is 22.5 Å². The lowest BCUT2D eigenvalue weighted by Crippen LogP contribution is -2.20. The summed E-state index contributed by atoms with van der Waals surface area (Å²) >= 11 is 0. The molecule has 0 aromatic carbocycles. The summed E-state index contributed by atoms with van der Waals surface area (Å²) in [5.41, 5.74) is 0.631. The van der Waals surface area contributed by atoms with Gasteiger partial charge in [0.05, 0.1) is 4.92 Å². The van der Waals surface area contributed by atoms with Gasteiger partial charge in [-0.1, -0.05) is 13.8 Å². The number of hydrogen-bond acceptors (Lipinski definition) is 6. The maximum atomic E-state index is 11.3. The first-order valence-corrected chi connectivity index (χ1v) is 7.36. The number of nitro groups is 1. The molecule has 0 aliphatic heterocycles. The topological polar surface area (TPSA) is 93.0 Å². The molecular formula is C14H23N5O2. The zero-order valence-corrected chi connectivity index (χ0v) is 13.1. The Bertz CT molecular complexity index is 544. The summed E-state index contributed by atoms with van der Waals surface area (Å²) in [7, 11) is 0. The van der Waals surface area contributed by atoms with Crippen LogP contribution in [0.15, 0.2) is 0 Å². The number of anilines is 2. The van der Waals surface area contributed by atoms with Crippen molar-refractivity contribution in [1.82, 2.24) is 9.97 Å². The van der Waals surface area contributed by atoms with Crippen LogP contribution in [0.2, 0.25) is 0 Å². The average molecular weight is 293 g/mol. The molecule has 116 valence electrons. The molecule has 0 spiro atoms. The minimum Gasteiger partial charge on any atom is -0.361 e. The highest BCUT2D eigenvalue weighted by atomic mass is 16.6. The third kappa shape index (κ3) is 3.59. The molecule has 1 aromatic heterocycles. The van der Waals surface area contributed by atoms with Gasteiger partial charge in [-0.05, 0) is 38.5 Å². The Labute approximate surface area is 124 Å². The molecule has 0 saturated heterocycles. The number of nitrogens with zero attached hydrogens (tertiary/aromatic N) is 3. The Morgan fingerprint density at radius 1 is 1.43 bits per heavy atom. The Morgan fingerprint density at radius 2 is 2.14 bits per heavy atom. The molecule has 1 unspecified atom stereocenters. The summed E-state index contributed by atoms with van der Waals surface area (Å²) in [6.45, 7) is 8.70. The molecule has 7 nitrogen and oxygen atoms in total. The predicted octanol–water partition coefficient (Wildman–Crippen LogP) is 3.12. The van der Waals surface area contributed by atoms with E-state index < -0.39 is 4.92 Å². The number of hydrogen-bond donors (Lipinski definition) is 2. The summed E-state index contributed by atoms with van der Waals surface area (Å²) in [4.78, 5) is 19.3. The van der Waals surface area contributed by atoms with Crippen molar-refractivity contribution in [3.8, 4) is 0 Å². The molecule has 0 bridgehead atoms. The van der Waals surface area contributed by atoms with E-state index in [1.807, 2.05) is 6.92 Å². The van der Waals surface area contributed by atoms with E-state index in [4.69, 9.17) is 0 Å². The van der Waals surface area contributed by atoms with Crippen LogP contribution in [0.3, 0.4) is 0 Å². The predicted molar refractivity (Wildman–Crippen MR) is 82.6 cm³/mol. The van der Waals surface area contributed by atoms with Crippen molar-refractivity contribution in [2.75, 3.05) is 17.2 Å². The van der Waals surface area contributed by atoms with Crippen LogP contribution in [-0.2, 0) is 0 Å². The highest BCUT2D eigenvalue weighted by Gasteiger charge is 2.33. The van der Waals surface area contributed by atoms with E-state index in [1.54, 1.807) is 6.92 Å². The van der Waals surface area contributed by atoms with E-state index in [2.05, 4.69) is 34.4 Å². The first-order chi connectivity index (χ1) is 9.82. The zero-order chi connectivity index (χ0) is 15.6. The number of rotatable bonds is 5. The first-order valence-electron chi connectivity index (χ1n) is 7.36. The van der Waals surface area contributed by atoms with Crippen molar-refractivity contribution < 1.29 is 4.92 Å². The lowest BCUT2D eigenvalue weighted by atomic mass is 9.92. The molecule has 1 atom stereocenters. The largest absolute Gasteiger partial charge is 0.361 e. The lowest BCUT2D eigenvalue weighted by Gasteiger charge is -2.18. The van der Waals surface area contributed by atoms with E-state index in [0.717, 1.165) is 19.3 Å². The van der Waals surface area contributed by atoms with E-state index in [1.165, 1.54) is 0 Å². The lowest BCUT2D eigenvalue weighted by molar-refractivity contribution is -0.385. The van der Waals surface area contributed by atoms with Crippen LogP contribution in [0.25, 0.3) is 0 Å². The van der Waals surface area contributed by atoms with Gasteiger partial charge in [0.1, 0.15) is 5.69 Å². The standard InChI is InChI=1S/C14H23N5O2/c1-5-15-13-16-9(2)11(19(20)21)12(18-13)17-10-6-7-14(3,4)8-10/h10H,5-8H2,1-4H3,(H2,15,16,17,18). The first kappa shape index (κ1) is 15.5. The summed E-state index contributed by atoms with van der Waals surface area (Å²) in [6, 6.07) is 0.225. The summed E-state index contributed by atoms with van der Waals surface area (Å²) in [6.07, 6.45) is 3.11. The smallest absolute Gasteiger partial charge is 0.332 e. The van der Waals surface area contributed by atoms with Gasteiger partial charge < -0.3 is 10.6 Å². The molecule has 2 rings (SSSR count). The highest BCUT2D eigenvalue weighted by Crippen LogP contribution is 2.39. The van der Waals surface area contributed by atoms with E-state index in [0.29, 0.717) is 24.0 Å². The molecule has 1 aromatic rings. The normalized spacial score (nSPS) is 20.3. The molecule has 1 fully saturated rings. The molecule has 1 saturated carbocycles. The van der Waals surface area contributed by atoms with Crippen LogP contribution < -0.4 is 10.6 Å². The van der Waals surface area contributed by atoms with Crippen LogP contribution in [0.4, 0.5) is 17.5 Å². The van der Waals surface area contributed by atoms with Gasteiger partial charge in [-0.3, -0.25) is 10.1 Å². The second kappa shape index (κ2) is 5.83. The Hall–Kier alpha value is -1.92. The molecule has 1 aliphatic rings.